The maximum absolute atomic E-state index is 6.47. The molecule has 2 bridgehead atoms. The number of hydrogen-bond donors (Lipinski definition) is 3. The number of nitrogen functional groups attached to an aromatic ring is 2. The molecule has 1 aromatic rings. The Labute approximate surface area is 251 Å². The van der Waals surface area contributed by atoms with Gasteiger partial charge in [-0.25, -0.2) is 0 Å². The van der Waals surface area contributed by atoms with Gasteiger partial charge in [-0.15, -0.1) is 0 Å². The summed E-state index contributed by atoms with van der Waals surface area (Å²) in [5.74, 6) is 6.42. The first kappa shape index (κ1) is 31.8. The fraction of sp³-hybridized carbons (Fsp3) is 0.730. The summed E-state index contributed by atoms with van der Waals surface area (Å²) in [5.41, 5.74) is 20.5. The first-order valence-corrected chi connectivity index (χ1v) is 16.8. The highest BCUT2D eigenvalue weighted by Gasteiger charge is 2.60. The van der Waals surface area contributed by atoms with Crippen molar-refractivity contribution in [1.29, 1.82) is 0 Å². The molecule has 0 aromatic heterocycles. The molecule has 230 valence electrons. The predicted octanol–water partition coefficient (Wildman–Crippen LogP) is 9.36. The summed E-state index contributed by atoms with van der Waals surface area (Å²) in [5, 5.41) is 0. The molecule has 4 aliphatic rings. The fourth-order valence-corrected chi connectivity index (χ4v) is 9.66. The van der Waals surface area contributed by atoms with E-state index in [0.29, 0.717) is 28.1 Å². The second-order valence-electron chi connectivity index (χ2n) is 15.0. The van der Waals surface area contributed by atoms with Crippen LogP contribution < -0.4 is 21.9 Å². The van der Waals surface area contributed by atoms with Crippen molar-refractivity contribution in [3.8, 4) is 5.75 Å². The molecule has 0 saturated heterocycles. The lowest BCUT2D eigenvalue weighted by molar-refractivity contribution is -0.0240. The molecule has 4 nitrogen and oxygen atoms in total. The summed E-state index contributed by atoms with van der Waals surface area (Å²) in [6.45, 7) is 16.4. The van der Waals surface area contributed by atoms with E-state index in [1.165, 1.54) is 51.4 Å². The number of rotatable bonds is 7. The lowest BCUT2D eigenvalue weighted by Gasteiger charge is -2.53. The van der Waals surface area contributed by atoms with E-state index in [9.17, 15) is 0 Å². The van der Waals surface area contributed by atoms with Crippen molar-refractivity contribution in [1.82, 2.24) is 0 Å². The molecule has 6 N–H and O–H groups in total. The van der Waals surface area contributed by atoms with Crippen molar-refractivity contribution in [3.63, 3.8) is 0 Å². The van der Waals surface area contributed by atoms with Crippen LogP contribution in [0.2, 0.25) is 0 Å². The number of hydrogen-bond acceptors (Lipinski definition) is 4. The highest BCUT2D eigenvalue weighted by atomic mass is 16.5. The molecular formula is C37H61N3O. The third kappa shape index (κ3) is 6.62. The van der Waals surface area contributed by atoms with Gasteiger partial charge in [0.1, 0.15) is 5.75 Å². The van der Waals surface area contributed by atoms with E-state index >= 15 is 0 Å². The number of benzene rings is 1. The average Bonchev–Trinajstić information content (AvgIpc) is 3.24. The quantitative estimate of drug-likeness (QED) is 0.228. The summed E-state index contributed by atoms with van der Waals surface area (Å²) in [7, 11) is 0. The molecule has 4 heteroatoms. The van der Waals surface area contributed by atoms with Gasteiger partial charge in [0, 0.05) is 11.4 Å². The highest BCUT2D eigenvalue weighted by molar-refractivity contribution is 5.60. The van der Waals surface area contributed by atoms with E-state index < -0.39 is 0 Å². The van der Waals surface area contributed by atoms with Crippen LogP contribution in [0.1, 0.15) is 113 Å². The first-order valence-electron chi connectivity index (χ1n) is 16.8. The van der Waals surface area contributed by atoms with E-state index in [1.807, 2.05) is 38.1 Å². The minimum Gasteiger partial charge on any atom is -0.488 e. The topological polar surface area (TPSA) is 87.3 Å². The lowest BCUT2D eigenvalue weighted by atomic mass is 9.52. The van der Waals surface area contributed by atoms with Gasteiger partial charge in [0.05, 0.1) is 11.8 Å². The lowest BCUT2D eigenvalue weighted by Crippen LogP contribution is -2.47. The molecule has 1 spiro atoms. The second kappa shape index (κ2) is 13.0. The molecule has 3 fully saturated rings. The summed E-state index contributed by atoms with van der Waals surface area (Å²) < 4.78 is 6.47. The van der Waals surface area contributed by atoms with Crippen molar-refractivity contribution in [2.45, 2.75) is 119 Å². The average molecular weight is 564 g/mol. The SMILES string of the molecule is C/C=C(\C)N.CC(C)CCCC(C)C1CCC2C3C=CC4CC(Oc5ccc(N)cc5N)CCC4(CCC12C)C3C. The fourth-order valence-electron chi connectivity index (χ4n) is 9.66. The maximum atomic E-state index is 6.47. The van der Waals surface area contributed by atoms with Crippen LogP contribution in [0, 0.1) is 52.3 Å². The monoisotopic (exact) mass is 563 g/mol. The molecular weight excluding hydrogens is 502 g/mol. The van der Waals surface area contributed by atoms with Crippen LogP contribution in [0.5, 0.6) is 5.75 Å². The predicted molar refractivity (Wildman–Crippen MR) is 176 cm³/mol. The Bertz CT molecular complexity index is 1070. The Morgan fingerprint density at radius 3 is 2.44 bits per heavy atom. The normalized spacial score (nSPS) is 36.9. The molecule has 1 aromatic carbocycles. The Hall–Kier alpha value is -2.10. The standard InChI is InChI=1S/C33H52N2O.C4H9N/c1-21(2)7-6-8-22(3)28-12-13-29-27-11-9-24-19-26(36-31-14-10-25(34)20-30(31)35)15-16-33(24,23(27)4)18-17-32(28,29)5;1-3-4(2)5/h9-11,14,20-24,26-29H,6-8,12-13,15-19,34-35H2,1-5H3;3H,5H2,1-2H3/b;4-3+. The van der Waals surface area contributed by atoms with Gasteiger partial charge in [-0.1, -0.05) is 72.1 Å². The van der Waals surface area contributed by atoms with Crippen LogP contribution in [0.4, 0.5) is 11.4 Å². The first-order chi connectivity index (χ1) is 19.4. The molecule has 5 rings (SSSR count). The van der Waals surface area contributed by atoms with Gasteiger partial charge in [0.25, 0.3) is 0 Å². The molecule has 41 heavy (non-hydrogen) atoms. The zero-order valence-corrected chi connectivity index (χ0v) is 27.3. The summed E-state index contributed by atoms with van der Waals surface area (Å²) >= 11 is 0. The minimum atomic E-state index is 0.243. The molecule has 9 unspecified atom stereocenters. The van der Waals surface area contributed by atoms with Crippen molar-refractivity contribution < 1.29 is 4.74 Å². The van der Waals surface area contributed by atoms with Crippen molar-refractivity contribution >= 4 is 11.4 Å². The minimum absolute atomic E-state index is 0.243. The molecule has 0 heterocycles. The second-order valence-corrected chi connectivity index (χ2v) is 15.0. The number of allylic oxidation sites excluding steroid dienone is 4. The van der Waals surface area contributed by atoms with Gasteiger partial charge in [-0.3, -0.25) is 0 Å². The smallest absolute Gasteiger partial charge is 0.142 e. The molecule has 9 atom stereocenters. The van der Waals surface area contributed by atoms with Crippen LogP contribution in [0.15, 0.2) is 42.1 Å². The van der Waals surface area contributed by atoms with Crippen LogP contribution in [-0.2, 0) is 0 Å². The van der Waals surface area contributed by atoms with Crippen LogP contribution >= 0.6 is 0 Å². The molecule has 0 amide bonds. The number of ether oxygens (including phenoxy) is 1. The number of fused-ring (bicyclic) bond motifs is 3. The molecule has 0 aliphatic heterocycles. The van der Waals surface area contributed by atoms with Gasteiger partial charge in [0.2, 0.25) is 0 Å². The van der Waals surface area contributed by atoms with Gasteiger partial charge in [0.15, 0.2) is 0 Å². The third-order valence-corrected chi connectivity index (χ3v) is 12.2. The van der Waals surface area contributed by atoms with Crippen molar-refractivity contribution in [2.24, 2.45) is 58.0 Å². The van der Waals surface area contributed by atoms with Crippen LogP contribution in [0.3, 0.4) is 0 Å². The molecule has 4 aliphatic carbocycles. The summed E-state index contributed by atoms with van der Waals surface area (Å²) in [6.07, 6.45) is 20.9. The summed E-state index contributed by atoms with van der Waals surface area (Å²) in [6, 6.07) is 5.66. The Kier molecular flexibility index (Phi) is 10.1. The Morgan fingerprint density at radius 2 is 1.78 bits per heavy atom. The zero-order valence-electron chi connectivity index (χ0n) is 27.3. The van der Waals surface area contributed by atoms with Gasteiger partial charge < -0.3 is 21.9 Å². The summed E-state index contributed by atoms with van der Waals surface area (Å²) in [4.78, 5) is 0. The largest absolute Gasteiger partial charge is 0.488 e. The highest BCUT2D eigenvalue weighted by Crippen LogP contribution is 2.67. The maximum Gasteiger partial charge on any atom is 0.142 e. The number of anilines is 2. The van der Waals surface area contributed by atoms with Crippen molar-refractivity contribution in [2.75, 3.05) is 11.5 Å². The molecule has 3 saturated carbocycles. The van der Waals surface area contributed by atoms with E-state index in [0.717, 1.165) is 59.8 Å². The molecule has 0 radical (unpaired) electrons. The Balaban J connectivity index is 0.000000714. The van der Waals surface area contributed by atoms with E-state index in [4.69, 9.17) is 21.9 Å². The van der Waals surface area contributed by atoms with Gasteiger partial charge in [-0.05, 0) is 129 Å². The third-order valence-electron chi connectivity index (χ3n) is 12.2. The van der Waals surface area contributed by atoms with Gasteiger partial charge in [-0.2, -0.15) is 0 Å². The van der Waals surface area contributed by atoms with Crippen LogP contribution in [0.25, 0.3) is 0 Å². The Morgan fingerprint density at radius 1 is 1.05 bits per heavy atom. The van der Waals surface area contributed by atoms with E-state index in [2.05, 4.69) is 46.8 Å². The van der Waals surface area contributed by atoms with Crippen molar-refractivity contribution in [3.05, 3.63) is 42.1 Å². The zero-order chi connectivity index (χ0) is 29.9. The van der Waals surface area contributed by atoms with E-state index in [1.54, 1.807) is 0 Å². The van der Waals surface area contributed by atoms with E-state index in [-0.39, 0.29) is 6.10 Å². The number of nitrogens with two attached hydrogens (primary N) is 3. The van der Waals surface area contributed by atoms with Crippen LogP contribution in [-0.4, -0.2) is 6.10 Å². The van der Waals surface area contributed by atoms with Gasteiger partial charge >= 0.3 is 0 Å².